The fourth-order valence-electron chi connectivity index (χ4n) is 1.37. The molecule has 2 unspecified atom stereocenters. The summed E-state index contributed by atoms with van der Waals surface area (Å²) in [6.07, 6.45) is 0. The summed E-state index contributed by atoms with van der Waals surface area (Å²) in [4.78, 5) is 11.5. The number of hydrogen-bond donors (Lipinski definition) is 3. The van der Waals surface area contributed by atoms with Gasteiger partial charge in [-0.05, 0) is 31.5 Å². The Morgan fingerprint density at radius 2 is 2.11 bits per heavy atom. The van der Waals surface area contributed by atoms with Gasteiger partial charge in [0.05, 0.1) is 23.7 Å². The van der Waals surface area contributed by atoms with E-state index in [1.165, 1.54) is 12.1 Å². The lowest BCUT2D eigenvalue weighted by molar-refractivity contribution is 0.218. The van der Waals surface area contributed by atoms with Crippen LogP contribution in [0, 0.1) is 5.82 Å². The van der Waals surface area contributed by atoms with E-state index in [1.54, 1.807) is 19.9 Å². The topological polar surface area (TPSA) is 61.4 Å². The molecule has 0 radical (unpaired) electrons. The average molecular weight is 275 g/mol. The molecule has 0 saturated carbocycles. The van der Waals surface area contributed by atoms with Gasteiger partial charge >= 0.3 is 6.03 Å². The number of halogens is 2. The van der Waals surface area contributed by atoms with Gasteiger partial charge in [0.2, 0.25) is 0 Å². The molecule has 0 fully saturated rings. The minimum atomic E-state index is -0.494. The van der Waals surface area contributed by atoms with E-state index >= 15 is 0 Å². The minimum absolute atomic E-state index is 0.0188. The summed E-state index contributed by atoms with van der Waals surface area (Å²) >= 11 is 5.66. The van der Waals surface area contributed by atoms with Gasteiger partial charge in [-0.15, -0.1) is 0 Å². The van der Waals surface area contributed by atoms with Gasteiger partial charge in [-0.2, -0.15) is 0 Å². The van der Waals surface area contributed by atoms with Gasteiger partial charge in [0.25, 0.3) is 0 Å². The molecule has 0 bridgehead atoms. The number of carbonyl (C=O) groups excluding carboxylic acids is 1. The molecule has 1 rings (SSSR count). The molecule has 0 aliphatic rings. The van der Waals surface area contributed by atoms with Crippen molar-refractivity contribution in [2.24, 2.45) is 0 Å². The monoisotopic (exact) mass is 274 g/mol. The maximum atomic E-state index is 13.0. The fourth-order valence-corrected chi connectivity index (χ4v) is 1.56. The summed E-state index contributed by atoms with van der Waals surface area (Å²) in [6, 6.07) is 3.25. The molecule has 2 atom stereocenters. The van der Waals surface area contributed by atoms with Crippen molar-refractivity contribution in [3.05, 3.63) is 34.6 Å². The molecule has 0 aliphatic heterocycles. The largest absolute Gasteiger partial charge is 0.394 e. The van der Waals surface area contributed by atoms with Crippen LogP contribution in [0.4, 0.5) is 9.18 Å². The molecule has 0 aliphatic carbocycles. The molecule has 18 heavy (non-hydrogen) atoms. The Kier molecular flexibility index (Phi) is 5.37. The lowest BCUT2D eigenvalue weighted by Crippen LogP contribution is -2.43. The fraction of sp³-hybridized carbons (Fsp3) is 0.417. The van der Waals surface area contributed by atoms with Crippen LogP contribution < -0.4 is 10.6 Å². The van der Waals surface area contributed by atoms with Gasteiger partial charge in [-0.3, -0.25) is 0 Å². The lowest BCUT2D eigenvalue weighted by Gasteiger charge is -2.17. The van der Waals surface area contributed by atoms with Crippen molar-refractivity contribution < 1.29 is 14.3 Å². The maximum absolute atomic E-state index is 13.0. The van der Waals surface area contributed by atoms with Crippen molar-refractivity contribution in [1.82, 2.24) is 10.6 Å². The SMILES string of the molecule is CC(CO)NC(=O)NC(C)c1ccc(F)c(Cl)c1. The van der Waals surface area contributed by atoms with Crippen LogP contribution in [0.1, 0.15) is 25.5 Å². The number of aliphatic hydroxyl groups excluding tert-OH is 1. The van der Waals surface area contributed by atoms with Crippen LogP contribution in [0.25, 0.3) is 0 Å². The number of carbonyl (C=O) groups is 1. The summed E-state index contributed by atoms with van der Waals surface area (Å²) in [7, 11) is 0. The van der Waals surface area contributed by atoms with Crippen LogP contribution in [-0.2, 0) is 0 Å². The summed E-state index contributed by atoms with van der Waals surface area (Å²) < 4.78 is 13.0. The Bertz CT molecular complexity index is 429. The van der Waals surface area contributed by atoms with Crippen molar-refractivity contribution in [1.29, 1.82) is 0 Å². The quantitative estimate of drug-likeness (QED) is 0.788. The summed E-state index contributed by atoms with van der Waals surface area (Å²) in [5.41, 5.74) is 0.702. The molecule has 0 saturated heterocycles. The van der Waals surface area contributed by atoms with Crippen LogP contribution in [0.5, 0.6) is 0 Å². The molecule has 3 N–H and O–H groups in total. The molecular formula is C12H16ClFN2O2. The standard InChI is InChI=1S/C12H16ClFN2O2/c1-7(6-17)15-12(18)16-8(2)9-3-4-11(14)10(13)5-9/h3-5,7-8,17H,6H2,1-2H3,(H2,15,16,18). The zero-order chi connectivity index (χ0) is 13.7. The molecule has 0 aromatic heterocycles. The molecular weight excluding hydrogens is 259 g/mol. The van der Waals surface area contributed by atoms with Crippen LogP contribution >= 0.6 is 11.6 Å². The first-order valence-corrected chi connectivity index (χ1v) is 5.94. The van der Waals surface area contributed by atoms with Gasteiger partial charge in [0.15, 0.2) is 0 Å². The van der Waals surface area contributed by atoms with E-state index in [-0.39, 0.29) is 23.7 Å². The Labute approximate surface area is 110 Å². The summed E-state index contributed by atoms with van der Waals surface area (Å²) in [5, 5.41) is 14.0. The van der Waals surface area contributed by atoms with E-state index in [2.05, 4.69) is 10.6 Å². The second kappa shape index (κ2) is 6.56. The van der Waals surface area contributed by atoms with E-state index in [4.69, 9.17) is 16.7 Å². The highest BCUT2D eigenvalue weighted by Gasteiger charge is 2.12. The normalized spacial score (nSPS) is 13.8. The predicted octanol–water partition coefficient (Wildman–Crippen LogP) is 2.22. The van der Waals surface area contributed by atoms with Gasteiger partial charge in [0, 0.05) is 0 Å². The van der Waals surface area contributed by atoms with Gasteiger partial charge < -0.3 is 15.7 Å². The third-order valence-corrected chi connectivity index (χ3v) is 2.73. The second-order valence-corrected chi connectivity index (χ2v) is 4.50. The molecule has 0 spiro atoms. The van der Waals surface area contributed by atoms with E-state index in [0.29, 0.717) is 5.56 Å². The second-order valence-electron chi connectivity index (χ2n) is 4.10. The summed E-state index contributed by atoms with van der Waals surface area (Å²) in [6.45, 7) is 3.30. The highest BCUT2D eigenvalue weighted by molar-refractivity contribution is 6.30. The number of aliphatic hydroxyl groups is 1. The van der Waals surface area contributed by atoms with Crippen molar-refractivity contribution in [2.45, 2.75) is 25.9 Å². The first-order chi connectivity index (χ1) is 8.43. The van der Waals surface area contributed by atoms with Crippen LogP contribution in [-0.4, -0.2) is 23.8 Å². The molecule has 6 heteroatoms. The Morgan fingerprint density at radius 1 is 1.44 bits per heavy atom. The van der Waals surface area contributed by atoms with Crippen LogP contribution in [0.2, 0.25) is 5.02 Å². The molecule has 4 nitrogen and oxygen atoms in total. The number of rotatable bonds is 4. The predicted molar refractivity (Wildman–Crippen MR) is 68.0 cm³/mol. The summed E-state index contributed by atoms with van der Waals surface area (Å²) in [5.74, 6) is -0.494. The maximum Gasteiger partial charge on any atom is 0.315 e. The van der Waals surface area contributed by atoms with Crippen molar-refractivity contribution in [3.8, 4) is 0 Å². The number of amides is 2. The number of nitrogens with one attached hydrogen (secondary N) is 2. The number of hydrogen-bond acceptors (Lipinski definition) is 2. The van der Waals surface area contributed by atoms with Crippen LogP contribution in [0.15, 0.2) is 18.2 Å². The van der Waals surface area contributed by atoms with E-state index in [0.717, 1.165) is 0 Å². The zero-order valence-electron chi connectivity index (χ0n) is 10.2. The van der Waals surface area contributed by atoms with E-state index in [9.17, 15) is 9.18 Å². The average Bonchev–Trinajstić information content (AvgIpc) is 2.32. The molecule has 0 heterocycles. The number of benzene rings is 1. The van der Waals surface area contributed by atoms with Gasteiger partial charge in [0.1, 0.15) is 5.82 Å². The van der Waals surface area contributed by atoms with E-state index in [1.807, 2.05) is 0 Å². The van der Waals surface area contributed by atoms with Gasteiger partial charge in [-0.1, -0.05) is 17.7 Å². The first kappa shape index (κ1) is 14.7. The van der Waals surface area contributed by atoms with Gasteiger partial charge in [-0.25, -0.2) is 9.18 Å². The first-order valence-electron chi connectivity index (χ1n) is 5.57. The van der Waals surface area contributed by atoms with Crippen LogP contribution in [0.3, 0.4) is 0 Å². The molecule has 1 aromatic carbocycles. The minimum Gasteiger partial charge on any atom is -0.394 e. The zero-order valence-corrected chi connectivity index (χ0v) is 11.0. The van der Waals surface area contributed by atoms with Crippen molar-refractivity contribution in [3.63, 3.8) is 0 Å². The molecule has 2 amide bonds. The third kappa shape index (κ3) is 4.16. The molecule has 100 valence electrons. The van der Waals surface area contributed by atoms with Crippen molar-refractivity contribution in [2.75, 3.05) is 6.61 Å². The third-order valence-electron chi connectivity index (χ3n) is 2.44. The number of urea groups is 1. The smallest absolute Gasteiger partial charge is 0.315 e. The lowest BCUT2D eigenvalue weighted by atomic mass is 10.1. The Morgan fingerprint density at radius 3 is 2.67 bits per heavy atom. The highest BCUT2D eigenvalue weighted by atomic mass is 35.5. The highest BCUT2D eigenvalue weighted by Crippen LogP contribution is 2.20. The Hall–Kier alpha value is -1.33. The Balaban J connectivity index is 2.62. The van der Waals surface area contributed by atoms with Crippen molar-refractivity contribution >= 4 is 17.6 Å². The molecule has 1 aromatic rings. The van der Waals surface area contributed by atoms with E-state index < -0.39 is 11.8 Å².